The predicted molar refractivity (Wildman–Crippen MR) is 114 cm³/mol. The highest BCUT2D eigenvalue weighted by atomic mass is 16.2. The molecule has 4 rings (SSSR count). The van der Waals surface area contributed by atoms with Gasteiger partial charge < -0.3 is 15.1 Å². The summed E-state index contributed by atoms with van der Waals surface area (Å²) in [7, 11) is 0. The van der Waals surface area contributed by atoms with Crippen LogP contribution in [0.25, 0.3) is 0 Å². The minimum atomic E-state index is 0.0925. The molecule has 0 saturated carbocycles. The topological polar surface area (TPSA) is 74.2 Å². The monoisotopic (exact) mass is 388 g/mol. The minimum Gasteiger partial charge on any atom is -0.352 e. The molecule has 0 bridgehead atoms. The summed E-state index contributed by atoms with van der Waals surface area (Å²) in [6.07, 6.45) is 3.46. The molecular weight excluding hydrogens is 364 g/mol. The number of carbonyl (C=O) groups is 1. The molecule has 1 aliphatic heterocycles. The summed E-state index contributed by atoms with van der Waals surface area (Å²) in [5.41, 5.74) is 3.97. The average molecular weight is 388 g/mol. The van der Waals surface area contributed by atoms with Crippen molar-refractivity contribution in [1.29, 1.82) is 0 Å². The van der Waals surface area contributed by atoms with Crippen LogP contribution in [0.1, 0.15) is 21.5 Å². The van der Waals surface area contributed by atoms with E-state index in [4.69, 9.17) is 0 Å². The Kier molecular flexibility index (Phi) is 5.37. The molecule has 0 aliphatic carbocycles. The van der Waals surface area contributed by atoms with Crippen molar-refractivity contribution in [2.24, 2.45) is 0 Å². The van der Waals surface area contributed by atoms with Crippen molar-refractivity contribution in [3.8, 4) is 0 Å². The van der Waals surface area contributed by atoms with Crippen LogP contribution in [0, 0.1) is 13.8 Å². The van der Waals surface area contributed by atoms with E-state index in [0.29, 0.717) is 18.9 Å². The molecule has 1 fully saturated rings. The van der Waals surface area contributed by atoms with E-state index in [1.165, 1.54) is 5.56 Å². The highest BCUT2D eigenvalue weighted by Gasteiger charge is 2.23. The number of carbonyl (C=O) groups excluding carboxylic acids is 1. The highest BCUT2D eigenvalue weighted by molar-refractivity contribution is 5.94. The van der Waals surface area contributed by atoms with Gasteiger partial charge in [-0.05, 0) is 61.4 Å². The van der Waals surface area contributed by atoms with Gasteiger partial charge in [0.25, 0.3) is 5.91 Å². The SMILES string of the molecule is Cc1ccc(C(=O)N2CCN(c3ccc(Nc4cccnc4)nn3)CC2)cc1C. The molecule has 7 heteroatoms. The van der Waals surface area contributed by atoms with E-state index in [0.717, 1.165) is 35.7 Å². The molecule has 148 valence electrons. The fourth-order valence-electron chi connectivity index (χ4n) is 3.34. The van der Waals surface area contributed by atoms with E-state index in [1.807, 2.05) is 54.3 Å². The predicted octanol–water partition coefficient (Wildman–Crippen LogP) is 3.19. The summed E-state index contributed by atoms with van der Waals surface area (Å²) in [5.74, 6) is 1.58. The van der Waals surface area contributed by atoms with Gasteiger partial charge >= 0.3 is 0 Å². The number of hydrogen-bond donors (Lipinski definition) is 1. The van der Waals surface area contributed by atoms with Crippen molar-refractivity contribution in [2.75, 3.05) is 36.4 Å². The Morgan fingerprint density at radius 1 is 0.966 bits per heavy atom. The first kappa shape index (κ1) is 18.9. The van der Waals surface area contributed by atoms with E-state index >= 15 is 0 Å². The summed E-state index contributed by atoms with van der Waals surface area (Å²) in [4.78, 5) is 20.9. The molecular formula is C22H24N6O. The molecule has 7 nitrogen and oxygen atoms in total. The molecule has 0 unspecified atom stereocenters. The van der Waals surface area contributed by atoms with Crippen LogP contribution in [0.3, 0.4) is 0 Å². The number of amides is 1. The molecule has 3 heterocycles. The number of aryl methyl sites for hydroxylation is 2. The van der Waals surface area contributed by atoms with E-state index in [-0.39, 0.29) is 5.91 Å². The normalized spacial score (nSPS) is 14.0. The standard InChI is InChI=1S/C22H24N6O/c1-16-5-6-18(14-17(16)2)22(29)28-12-10-27(11-13-28)21-8-7-20(25-26-21)24-19-4-3-9-23-15-19/h3-9,14-15H,10-13H2,1-2H3,(H,24,25). The van der Waals surface area contributed by atoms with Crippen molar-refractivity contribution in [3.05, 3.63) is 71.5 Å². The smallest absolute Gasteiger partial charge is 0.253 e. The highest BCUT2D eigenvalue weighted by Crippen LogP contribution is 2.18. The van der Waals surface area contributed by atoms with Crippen LogP contribution >= 0.6 is 0 Å². The first-order chi connectivity index (χ1) is 14.1. The molecule has 1 saturated heterocycles. The number of aromatic nitrogens is 3. The summed E-state index contributed by atoms with van der Waals surface area (Å²) in [6, 6.07) is 13.5. The molecule has 0 spiro atoms. The number of nitrogens with one attached hydrogen (secondary N) is 1. The van der Waals surface area contributed by atoms with Gasteiger partial charge in [-0.25, -0.2) is 0 Å². The number of hydrogen-bond acceptors (Lipinski definition) is 6. The Bertz CT molecular complexity index is 982. The van der Waals surface area contributed by atoms with Crippen molar-refractivity contribution < 1.29 is 4.79 Å². The van der Waals surface area contributed by atoms with E-state index < -0.39 is 0 Å². The number of rotatable bonds is 4. The summed E-state index contributed by atoms with van der Waals surface area (Å²) in [5, 5.41) is 11.8. The van der Waals surface area contributed by atoms with Crippen LogP contribution in [0.4, 0.5) is 17.3 Å². The third-order valence-electron chi connectivity index (χ3n) is 5.23. The lowest BCUT2D eigenvalue weighted by Gasteiger charge is -2.35. The second-order valence-corrected chi connectivity index (χ2v) is 7.22. The lowest BCUT2D eigenvalue weighted by molar-refractivity contribution is 0.0746. The summed E-state index contributed by atoms with van der Waals surface area (Å²) >= 11 is 0. The molecule has 1 N–H and O–H groups in total. The van der Waals surface area contributed by atoms with Crippen molar-refractivity contribution in [3.63, 3.8) is 0 Å². The van der Waals surface area contributed by atoms with Crippen LogP contribution < -0.4 is 10.2 Å². The zero-order valence-corrected chi connectivity index (χ0v) is 16.7. The first-order valence-electron chi connectivity index (χ1n) is 9.72. The second-order valence-electron chi connectivity index (χ2n) is 7.22. The number of nitrogens with zero attached hydrogens (tertiary/aromatic N) is 5. The maximum atomic E-state index is 12.8. The molecule has 0 atom stereocenters. The van der Waals surface area contributed by atoms with Gasteiger partial charge in [0, 0.05) is 37.9 Å². The van der Waals surface area contributed by atoms with Crippen LogP contribution in [0.5, 0.6) is 0 Å². The zero-order chi connectivity index (χ0) is 20.2. The largest absolute Gasteiger partial charge is 0.352 e. The average Bonchev–Trinajstić information content (AvgIpc) is 2.77. The van der Waals surface area contributed by atoms with Gasteiger partial charge in [-0.3, -0.25) is 9.78 Å². The van der Waals surface area contributed by atoms with Crippen molar-refractivity contribution in [1.82, 2.24) is 20.1 Å². The number of piperazine rings is 1. The van der Waals surface area contributed by atoms with Crippen molar-refractivity contribution in [2.45, 2.75) is 13.8 Å². The Morgan fingerprint density at radius 3 is 2.45 bits per heavy atom. The van der Waals surface area contributed by atoms with Crippen LogP contribution in [-0.2, 0) is 0 Å². The number of benzene rings is 1. The van der Waals surface area contributed by atoms with E-state index in [2.05, 4.69) is 32.3 Å². The third kappa shape index (κ3) is 4.34. The van der Waals surface area contributed by atoms with E-state index in [9.17, 15) is 4.79 Å². The minimum absolute atomic E-state index is 0.0925. The quantitative estimate of drug-likeness (QED) is 0.740. The van der Waals surface area contributed by atoms with Crippen LogP contribution in [0.15, 0.2) is 54.9 Å². The molecule has 2 aromatic heterocycles. The zero-order valence-electron chi connectivity index (χ0n) is 16.7. The Morgan fingerprint density at radius 2 is 1.79 bits per heavy atom. The third-order valence-corrected chi connectivity index (χ3v) is 5.23. The lowest BCUT2D eigenvalue weighted by atomic mass is 10.1. The fraction of sp³-hybridized carbons (Fsp3) is 0.273. The number of pyridine rings is 1. The molecule has 0 radical (unpaired) electrons. The molecule has 1 aliphatic rings. The molecule has 3 aromatic rings. The molecule has 29 heavy (non-hydrogen) atoms. The Labute approximate surface area is 170 Å². The second kappa shape index (κ2) is 8.26. The van der Waals surface area contributed by atoms with Gasteiger partial charge in [0.1, 0.15) is 0 Å². The van der Waals surface area contributed by atoms with Gasteiger partial charge in [-0.1, -0.05) is 6.07 Å². The van der Waals surface area contributed by atoms with Crippen molar-refractivity contribution >= 4 is 23.2 Å². The number of anilines is 3. The van der Waals surface area contributed by atoms with Gasteiger partial charge in [-0.15, -0.1) is 10.2 Å². The fourth-order valence-corrected chi connectivity index (χ4v) is 3.34. The lowest BCUT2D eigenvalue weighted by Crippen LogP contribution is -2.49. The van der Waals surface area contributed by atoms with Gasteiger partial charge in [0.15, 0.2) is 11.6 Å². The maximum Gasteiger partial charge on any atom is 0.253 e. The van der Waals surface area contributed by atoms with Gasteiger partial charge in [0.2, 0.25) is 0 Å². The summed E-state index contributed by atoms with van der Waals surface area (Å²) in [6.45, 7) is 6.91. The Balaban J connectivity index is 1.35. The molecule has 1 amide bonds. The van der Waals surface area contributed by atoms with Gasteiger partial charge in [-0.2, -0.15) is 0 Å². The molecule has 1 aromatic carbocycles. The Hall–Kier alpha value is -3.48. The van der Waals surface area contributed by atoms with Crippen LogP contribution in [0.2, 0.25) is 0 Å². The first-order valence-corrected chi connectivity index (χ1v) is 9.72. The maximum absolute atomic E-state index is 12.8. The van der Waals surface area contributed by atoms with E-state index in [1.54, 1.807) is 12.4 Å². The summed E-state index contributed by atoms with van der Waals surface area (Å²) < 4.78 is 0. The van der Waals surface area contributed by atoms with Gasteiger partial charge in [0.05, 0.1) is 11.9 Å². The van der Waals surface area contributed by atoms with Crippen LogP contribution in [-0.4, -0.2) is 52.2 Å².